The molecule has 0 aliphatic rings. The van der Waals surface area contributed by atoms with Gasteiger partial charge < -0.3 is 5.73 Å². The Morgan fingerprint density at radius 2 is 2.10 bits per heavy atom. The van der Waals surface area contributed by atoms with Crippen molar-refractivity contribution in [1.82, 2.24) is 19.7 Å². The summed E-state index contributed by atoms with van der Waals surface area (Å²) in [6.07, 6.45) is 4.87. The van der Waals surface area contributed by atoms with E-state index in [2.05, 4.69) is 21.3 Å². The highest BCUT2D eigenvalue weighted by Crippen LogP contribution is 2.23. The normalized spacial score (nSPS) is 10.2. The number of benzene rings is 1. The molecule has 0 aliphatic carbocycles. The largest absolute Gasteiger partial charge is 0.399 e. The molecule has 0 radical (unpaired) electrons. The summed E-state index contributed by atoms with van der Waals surface area (Å²) in [6, 6.07) is 11.1. The standard InChI is InChI=1S/C14H10N6/c15-9-11-4-5-18-19-14(11)20-7-6-17-13(20)10-2-1-3-12(16)8-10/h1-8H,16H2. The van der Waals surface area contributed by atoms with E-state index in [1.54, 1.807) is 29.1 Å². The van der Waals surface area contributed by atoms with Crippen LogP contribution in [-0.2, 0) is 0 Å². The maximum atomic E-state index is 9.15. The summed E-state index contributed by atoms with van der Waals surface area (Å²) in [5.41, 5.74) is 7.73. The monoisotopic (exact) mass is 262 g/mol. The fourth-order valence-electron chi connectivity index (χ4n) is 1.96. The van der Waals surface area contributed by atoms with Crippen molar-refractivity contribution in [2.75, 3.05) is 5.73 Å². The van der Waals surface area contributed by atoms with Crippen LogP contribution in [0.25, 0.3) is 17.2 Å². The van der Waals surface area contributed by atoms with Crippen LogP contribution in [0.3, 0.4) is 0 Å². The molecule has 2 heterocycles. The summed E-state index contributed by atoms with van der Waals surface area (Å²) in [7, 11) is 0. The van der Waals surface area contributed by atoms with Gasteiger partial charge in [0, 0.05) is 23.6 Å². The van der Waals surface area contributed by atoms with Gasteiger partial charge in [-0.25, -0.2) is 4.98 Å². The van der Waals surface area contributed by atoms with Gasteiger partial charge in [-0.05, 0) is 18.2 Å². The molecule has 0 saturated heterocycles. The van der Waals surface area contributed by atoms with Crippen LogP contribution in [-0.4, -0.2) is 19.7 Å². The van der Waals surface area contributed by atoms with E-state index in [4.69, 9.17) is 11.0 Å². The first kappa shape index (κ1) is 11.9. The summed E-state index contributed by atoms with van der Waals surface area (Å²) >= 11 is 0. The van der Waals surface area contributed by atoms with Gasteiger partial charge in [0.1, 0.15) is 11.9 Å². The molecule has 2 N–H and O–H groups in total. The Balaban J connectivity index is 2.19. The highest BCUT2D eigenvalue weighted by atomic mass is 15.2. The number of aromatic nitrogens is 4. The number of anilines is 1. The Labute approximate surface area is 115 Å². The minimum atomic E-state index is 0.433. The average molecular weight is 262 g/mol. The topological polar surface area (TPSA) is 93.4 Å². The SMILES string of the molecule is N#Cc1ccnnc1-n1ccnc1-c1cccc(N)c1. The number of nitriles is 1. The second-order valence-corrected chi connectivity index (χ2v) is 4.13. The Kier molecular flexibility index (Phi) is 2.86. The smallest absolute Gasteiger partial charge is 0.178 e. The predicted octanol–water partition coefficient (Wildman–Crippen LogP) is 1.78. The molecule has 0 aliphatic heterocycles. The molecule has 0 unspecified atom stereocenters. The van der Waals surface area contributed by atoms with Crippen molar-refractivity contribution < 1.29 is 0 Å². The van der Waals surface area contributed by atoms with Gasteiger partial charge in [-0.3, -0.25) is 4.57 Å². The van der Waals surface area contributed by atoms with E-state index in [1.807, 2.05) is 18.2 Å². The molecule has 0 bridgehead atoms. The van der Waals surface area contributed by atoms with E-state index in [-0.39, 0.29) is 0 Å². The summed E-state index contributed by atoms with van der Waals surface area (Å²) in [6.45, 7) is 0. The van der Waals surface area contributed by atoms with Crippen molar-refractivity contribution in [3.05, 3.63) is 54.5 Å². The van der Waals surface area contributed by atoms with Crippen LogP contribution >= 0.6 is 0 Å². The highest BCUT2D eigenvalue weighted by molar-refractivity contribution is 5.63. The number of rotatable bonds is 2. The molecule has 0 atom stereocenters. The van der Waals surface area contributed by atoms with Gasteiger partial charge in [-0.1, -0.05) is 12.1 Å². The number of nitrogens with zero attached hydrogens (tertiary/aromatic N) is 5. The van der Waals surface area contributed by atoms with Crippen LogP contribution in [0, 0.1) is 11.3 Å². The van der Waals surface area contributed by atoms with Crippen molar-refractivity contribution >= 4 is 5.69 Å². The predicted molar refractivity (Wildman–Crippen MR) is 73.7 cm³/mol. The number of nitrogens with two attached hydrogens (primary N) is 1. The zero-order valence-electron chi connectivity index (χ0n) is 10.4. The number of imidazole rings is 1. The number of hydrogen-bond donors (Lipinski definition) is 1. The maximum absolute atomic E-state index is 9.15. The first-order valence-electron chi connectivity index (χ1n) is 5.91. The van der Waals surface area contributed by atoms with Crippen LogP contribution in [0.5, 0.6) is 0 Å². The molecule has 1 aromatic carbocycles. The summed E-state index contributed by atoms with van der Waals surface area (Å²) in [5.74, 6) is 1.11. The van der Waals surface area contributed by atoms with Crippen molar-refractivity contribution in [2.45, 2.75) is 0 Å². The van der Waals surface area contributed by atoms with Gasteiger partial charge in [-0.2, -0.15) is 10.4 Å². The third-order valence-electron chi connectivity index (χ3n) is 2.84. The molecule has 0 amide bonds. The number of hydrogen-bond acceptors (Lipinski definition) is 5. The van der Waals surface area contributed by atoms with Crippen molar-refractivity contribution in [3.63, 3.8) is 0 Å². The van der Waals surface area contributed by atoms with E-state index >= 15 is 0 Å². The Hall–Kier alpha value is -3.20. The highest BCUT2D eigenvalue weighted by Gasteiger charge is 2.12. The molecule has 96 valence electrons. The Morgan fingerprint density at radius 3 is 2.90 bits per heavy atom. The van der Waals surface area contributed by atoms with E-state index in [0.29, 0.717) is 22.9 Å². The third kappa shape index (κ3) is 1.97. The molecule has 0 fully saturated rings. The lowest BCUT2D eigenvalue weighted by atomic mass is 10.2. The molecular weight excluding hydrogens is 252 g/mol. The summed E-state index contributed by atoms with van der Waals surface area (Å²) in [4.78, 5) is 4.31. The molecule has 6 nitrogen and oxygen atoms in total. The molecule has 3 aromatic rings. The second kappa shape index (κ2) is 4.82. The van der Waals surface area contributed by atoms with Crippen LogP contribution < -0.4 is 5.73 Å². The minimum Gasteiger partial charge on any atom is -0.399 e. The van der Waals surface area contributed by atoms with Crippen molar-refractivity contribution in [3.8, 4) is 23.3 Å². The maximum Gasteiger partial charge on any atom is 0.178 e. The molecule has 0 saturated carbocycles. The average Bonchev–Trinajstić information content (AvgIpc) is 2.96. The zero-order valence-corrected chi connectivity index (χ0v) is 10.4. The first-order valence-corrected chi connectivity index (χ1v) is 5.91. The Morgan fingerprint density at radius 1 is 1.20 bits per heavy atom. The fraction of sp³-hybridized carbons (Fsp3) is 0. The molecule has 6 heteroatoms. The van der Waals surface area contributed by atoms with Gasteiger partial charge in [0.15, 0.2) is 5.82 Å². The van der Waals surface area contributed by atoms with Crippen LogP contribution in [0.4, 0.5) is 5.69 Å². The van der Waals surface area contributed by atoms with E-state index < -0.39 is 0 Å². The van der Waals surface area contributed by atoms with E-state index in [0.717, 1.165) is 5.56 Å². The molecule has 20 heavy (non-hydrogen) atoms. The fourth-order valence-corrected chi connectivity index (χ4v) is 1.96. The molecule has 0 spiro atoms. The number of nitrogen functional groups attached to an aromatic ring is 1. The van der Waals surface area contributed by atoms with Gasteiger partial charge >= 0.3 is 0 Å². The van der Waals surface area contributed by atoms with Crippen LogP contribution in [0.2, 0.25) is 0 Å². The van der Waals surface area contributed by atoms with Crippen molar-refractivity contribution in [2.24, 2.45) is 0 Å². The second-order valence-electron chi connectivity index (χ2n) is 4.13. The van der Waals surface area contributed by atoms with Crippen LogP contribution in [0.15, 0.2) is 48.9 Å². The van der Waals surface area contributed by atoms with E-state index in [1.165, 1.54) is 6.20 Å². The van der Waals surface area contributed by atoms with Gasteiger partial charge in [0.2, 0.25) is 0 Å². The van der Waals surface area contributed by atoms with Crippen molar-refractivity contribution in [1.29, 1.82) is 5.26 Å². The minimum absolute atomic E-state index is 0.433. The summed E-state index contributed by atoms with van der Waals surface area (Å²) in [5, 5.41) is 17.0. The lowest BCUT2D eigenvalue weighted by molar-refractivity contribution is 0.911. The van der Waals surface area contributed by atoms with Gasteiger partial charge in [-0.15, -0.1) is 5.10 Å². The van der Waals surface area contributed by atoms with Crippen LogP contribution in [0.1, 0.15) is 5.56 Å². The lowest BCUT2D eigenvalue weighted by Gasteiger charge is -2.08. The molecule has 3 rings (SSSR count). The Bertz CT molecular complexity index is 799. The molecule has 2 aromatic heterocycles. The summed E-state index contributed by atoms with van der Waals surface area (Å²) < 4.78 is 1.72. The lowest BCUT2D eigenvalue weighted by Crippen LogP contribution is -2.03. The van der Waals surface area contributed by atoms with Gasteiger partial charge in [0.05, 0.1) is 11.8 Å². The van der Waals surface area contributed by atoms with E-state index in [9.17, 15) is 0 Å². The van der Waals surface area contributed by atoms with Gasteiger partial charge in [0.25, 0.3) is 0 Å². The third-order valence-corrected chi connectivity index (χ3v) is 2.84. The molecular formula is C14H10N6. The zero-order chi connectivity index (χ0) is 13.9. The first-order chi connectivity index (χ1) is 9.79. The quantitative estimate of drug-likeness (QED) is 0.710.